The van der Waals surface area contributed by atoms with Crippen LogP contribution in [0, 0.1) is 0 Å². The fraction of sp³-hybridized carbons (Fsp3) is 0.471. The number of carbonyl (C=O) groups excluding carboxylic acids is 1. The Labute approximate surface area is 151 Å². The summed E-state index contributed by atoms with van der Waals surface area (Å²) in [6.45, 7) is 9.55. The van der Waals surface area contributed by atoms with Crippen LogP contribution in [0.1, 0.15) is 13.8 Å². The minimum atomic E-state index is 0.0627. The molecule has 25 heavy (non-hydrogen) atoms. The van der Waals surface area contributed by atoms with E-state index in [2.05, 4.69) is 16.8 Å². The molecule has 3 rings (SSSR count). The Morgan fingerprint density at radius 1 is 1.40 bits per heavy atom. The summed E-state index contributed by atoms with van der Waals surface area (Å²) in [5.41, 5.74) is 0. The largest absolute Gasteiger partial charge is 0.461 e. The Hall–Kier alpha value is -2.06. The van der Waals surface area contributed by atoms with E-state index in [0.29, 0.717) is 42.1 Å². The lowest BCUT2D eigenvalue weighted by atomic mass is 10.2. The fourth-order valence-corrected chi connectivity index (χ4v) is 3.73. The summed E-state index contributed by atoms with van der Waals surface area (Å²) < 4.78 is 13.0. The number of ether oxygens (including phenoxy) is 1. The maximum atomic E-state index is 12.5. The first-order valence-electron chi connectivity index (χ1n) is 8.22. The van der Waals surface area contributed by atoms with Crippen LogP contribution in [0.5, 0.6) is 0 Å². The van der Waals surface area contributed by atoms with Gasteiger partial charge in [0.25, 0.3) is 0 Å². The molecule has 1 fully saturated rings. The van der Waals surface area contributed by atoms with Crippen LogP contribution in [-0.4, -0.2) is 56.6 Å². The van der Waals surface area contributed by atoms with Crippen LogP contribution in [-0.2, 0) is 16.1 Å². The molecule has 0 N–H and O–H groups in total. The van der Waals surface area contributed by atoms with Gasteiger partial charge in [0.15, 0.2) is 10.9 Å². The molecule has 0 spiro atoms. The minimum absolute atomic E-state index is 0.0627. The van der Waals surface area contributed by atoms with Gasteiger partial charge in [-0.3, -0.25) is 9.36 Å². The van der Waals surface area contributed by atoms with Gasteiger partial charge in [0.1, 0.15) is 0 Å². The average molecular weight is 362 g/mol. The lowest BCUT2D eigenvalue weighted by molar-refractivity contribution is -0.140. The Morgan fingerprint density at radius 2 is 2.16 bits per heavy atom. The molecule has 0 bridgehead atoms. The van der Waals surface area contributed by atoms with Crippen molar-refractivity contribution in [3.8, 4) is 11.6 Å². The monoisotopic (exact) mass is 362 g/mol. The molecule has 1 aliphatic rings. The van der Waals surface area contributed by atoms with Crippen molar-refractivity contribution in [1.29, 1.82) is 0 Å². The molecule has 1 amide bonds. The smallest absolute Gasteiger partial charge is 0.233 e. The van der Waals surface area contributed by atoms with E-state index in [1.165, 1.54) is 11.8 Å². The molecular formula is C17H22N4O3S. The fourth-order valence-electron chi connectivity index (χ4n) is 2.88. The summed E-state index contributed by atoms with van der Waals surface area (Å²) in [5.74, 6) is 1.67. The van der Waals surface area contributed by atoms with Crippen molar-refractivity contribution < 1.29 is 13.9 Å². The van der Waals surface area contributed by atoms with Gasteiger partial charge in [0.2, 0.25) is 11.7 Å². The van der Waals surface area contributed by atoms with Crippen molar-refractivity contribution in [2.24, 2.45) is 0 Å². The Balaban J connectivity index is 1.68. The summed E-state index contributed by atoms with van der Waals surface area (Å²) in [5, 5.41) is 9.08. The predicted molar refractivity (Wildman–Crippen MR) is 95.2 cm³/mol. The van der Waals surface area contributed by atoms with Crippen molar-refractivity contribution in [1.82, 2.24) is 19.7 Å². The number of allylic oxidation sites excluding steroid dienone is 1. The molecule has 2 aromatic rings. The molecule has 7 nitrogen and oxygen atoms in total. The van der Waals surface area contributed by atoms with Crippen LogP contribution in [0.25, 0.3) is 11.6 Å². The van der Waals surface area contributed by atoms with E-state index in [1.54, 1.807) is 18.4 Å². The number of thioether (sulfide) groups is 1. The molecular weight excluding hydrogens is 340 g/mol. The molecule has 0 aliphatic carbocycles. The highest BCUT2D eigenvalue weighted by Crippen LogP contribution is 2.25. The first kappa shape index (κ1) is 17.8. The number of aromatic nitrogens is 3. The van der Waals surface area contributed by atoms with Crippen LogP contribution in [0.15, 0.2) is 40.6 Å². The Morgan fingerprint density at radius 3 is 2.80 bits per heavy atom. The number of hydrogen-bond acceptors (Lipinski definition) is 6. The molecule has 2 atom stereocenters. The summed E-state index contributed by atoms with van der Waals surface area (Å²) in [6, 6.07) is 3.64. The number of amides is 1. The highest BCUT2D eigenvalue weighted by Gasteiger charge is 2.26. The van der Waals surface area contributed by atoms with Gasteiger partial charge in [-0.1, -0.05) is 17.8 Å². The van der Waals surface area contributed by atoms with E-state index in [0.717, 1.165) is 0 Å². The third-order valence-electron chi connectivity index (χ3n) is 3.87. The maximum Gasteiger partial charge on any atom is 0.233 e. The summed E-state index contributed by atoms with van der Waals surface area (Å²) in [7, 11) is 0. The van der Waals surface area contributed by atoms with Crippen LogP contribution >= 0.6 is 11.8 Å². The quantitative estimate of drug-likeness (QED) is 0.580. The lowest BCUT2D eigenvalue weighted by Gasteiger charge is -2.35. The second-order valence-corrected chi connectivity index (χ2v) is 6.97. The standard InChI is InChI=1S/C17H22N4O3S/c1-4-7-21-16(14-6-5-8-23-14)18-19-17(21)25-11-15(22)20-9-12(2)24-13(3)10-20/h4-6,8,12-13H,1,7,9-11H2,2-3H3. The van der Waals surface area contributed by atoms with E-state index in [4.69, 9.17) is 9.15 Å². The van der Waals surface area contributed by atoms with E-state index in [-0.39, 0.29) is 18.1 Å². The first-order chi connectivity index (χ1) is 12.1. The second-order valence-electron chi connectivity index (χ2n) is 6.03. The highest BCUT2D eigenvalue weighted by molar-refractivity contribution is 7.99. The van der Waals surface area contributed by atoms with Gasteiger partial charge in [-0.05, 0) is 26.0 Å². The minimum Gasteiger partial charge on any atom is -0.461 e. The molecule has 2 unspecified atom stereocenters. The second kappa shape index (κ2) is 7.88. The van der Waals surface area contributed by atoms with Crippen LogP contribution < -0.4 is 0 Å². The van der Waals surface area contributed by atoms with Gasteiger partial charge in [-0.25, -0.2) is 0 Å². The molecule has 1 saturated heterocycles. The van der Waals surface area contributed by atoms with Gasteiger partial charge in [0, 0.05) is 19.6 Å². The Bertz CT molecular complexity index is 718. The number of furan rings is 1. The zero-order valence-electron chi connectivity index (χ0n) is 14.4. The highest BCUT2D eigenvalue weighted by atomic mass is 32.2. The van der Waals surface area contributed by atoms with Crippen molar-refractivity contribution >= 4 is 17.7 Å². The van der Waals surface area contributed by atoms with Crippen molar-refractivity contribution in [2.75, 3.05) is 18.8 Å². The van der Waals surface area contributed by atoms with E-state index >= 15 is 0 Å². The van der Waals surface area contributed by atoms with Crippen LogP contribution in [0.3, 0.4) is 0 Å². The zero-order chi connectivity index (χ0) is 17.8. The van der Waals surface area contributed by atoms with Crippen molar-refractivity contribution in [3.05, 3.63) is 31.1 Å². The normalized spacial score (nSPS) is 20.6. The van der Waals surface area contributed by atoms with Gasteiger partial charge in [-0.2, -0.15) is 0 Å². The van der Waals surface area contributed by atoms with E-state index < -0.39 is 0 Å². The van der Waals surface area contributed by atoms with Gasteiger partial charge in [-0.15, -0.1) is 16.8 Å². The van der Waals surface area contributed by atoms with Crippen molar-refractivity contribution in [2.45, 2.75) is 37.8 Å². The summed E-state index contributed by atoms with van der Waals surface area (Å²) in [4.78, 5) is 14.4. The topological polar surface area (TPSA) is 73.4 Å². The van der Waals surface area contributed by atoms with Crippen molar-refractivity contribution in [3.63, 3.8) is 0 Å². The molecule has 8 heteroatoms. The van der Waals surface area contributed by atoms with Gasteiger partial charge >= 0.3 is 0 Å². The zero-order valence-corrected chi connectivity index (χ0v) is 15.2. The lowest BCUT2D eigenvalue weighted by Crippen LogP contribution is -2.48. The molecule has 0 radical (unpaired) electrons. The number of carbonyl (C=O) groups is 1. The van der Waals surface area contributed by atoms with Crippen LogP contribution in [0.4, 0.5) is 0 Å². The molecule has 1 aliphatic heterocycles. The first-order valence-corrected chi connectivity index (χ1v) is 9.21. The van der Waals surface area contributed by atoms with Gasteiger partial charge in [0.05, 0.1) is 24.2 Å². The van der Waals surface area contributed by atoms with E-state index in [1.807, 2.05) is 29.4 Å². The predicted octanol–water partition coefficient (Wildman–Crippen LogP) is 2.45. The molecule has 0 saturated carbocycles. The molecule has 134 valence electrons. The Kier molecular flexibility index (Phi) is 5.60. The van der Waals surface area contributed by atoms with E-state index in [9.17, 15) is 4.79 Å². The third kappa shape index (κ3) is 4.13. The van der Waals surface area contributed by atoms with Gasteiger partial charge < -0.3 is 14.1 Å². The summed E-state index contributed by atoms with van der Waals surface area (Å²) in [6.07, 6.45) is 3.49. The maximum absolute atomic E-state index is 12.5. The summed E-state index contributed by atoms with van der Waals surface area (Å²) >= 11 is 1.38. The number of hydrogen-bond donors (Lipinski definition) is 0. The molecule has 3 heterocycles. The number of rotatable bonds is 6. The molecule has 0 aromatic carbocycles. The molecule has 2 aromatic heterocycles. The number of nitrogens with zero attached hydrogens (tertiary/aromatic N) is 4. The van der Waals surface area contributed by atoms with Crippen LogP contribution in [0.2, 0.25) is 0 Å². The third-order valence-corrected chi connectivity index (χ3v) is 4.82. The number of morpholine rings is 1. The average Bonchev–Trinajstić information content (AvgIpc) is 3.21. The SMILES string of the molecule is C=CCn1c(SCC(=O)N2CC(C)OC(C)C2)nnc1-c1ccco1.